The summed E-state index contributed by atoms with van der Waals surface area (Å²) in [7, 11) is 0. The van der Waals surface area contributed by atoms with Crippen molar-refractivity contribution in [2.45, 2.75) is 40.0 Å². The number of hydrogen-bond donors (Lipinski definition) is 0. The normalized spacial score (nSPS) is 10.2. The summed E-state index contributed by atoms with van der Waals surface area (Å²) in [6.45, 7) is 7.50. The fourth-order valence-corrected chi connectivity index (χ4v) is 2.50. The number of benzene rings is 1. The van der Waals surface area contributed by atoms with E-state index in [1.165, 1.54) is 0 Å². The molecule has 0 aliphatic rings. The van der Waals surface area contributed by atoms with Crippen LogP contribution < -0.4 is 9.47 Å². The highest BCUT2D eigenvalue weighted by atomic mass is 79.9. The van der Waals surface area contributed by atoms with Gasteiger partial charge in [-0.2, -0.15) is 0 Å². The predicted octanol–water partition coefficient (Wildman–Crippen LogP) is 6.48. The van der Waals surface area contributed by atoms with Crippen LogP contribution in [0, 0.1) is 0 Å². The smallest absolute Gasteiger partial charge is 0.141 e. The topological polar surface area (TPSA) is 40.0 Å². The summed E-state index contributed by atoms with van der Waals surface area (Å²) in [6.07, 6.45) is 4.44. The number of halogens is 3. The number of aryl methyl sites for hydroxylation is 1. The van der Waals surface area contributed by atoms with Crippen LogP contribution in [0.25, 0.3) is 0 Å². The molecule has 4 nitrogen and oxygen atoms in total. The first-order valence-electron chi connectivity index (χ1n) is 8.16. The lowest BCUT2D eigenvalue weighted by molar-refractivity contribution is 0.135. The number of nitrogens with zero attached hydrogens (tertiary/aromatic N) is 1. The van der Waals surface area contributed by atoms with E-state index in [9.17, 15) is 0 Å². The standard InChI is InChI=1S/C18H24Br2ClNO3/c1-4-14-11-15(23-10-7-17(19)20)12-16(21)18(14)24-8-5-6-9-25-22-13(2)3/h7,11-12H,4-6,8-10H2,1-3H3. The van der Waals surface area contributed by atoms with Crippen molar-refractivity contribution in [1.29, 1.82) is 0 Å². The van der Waals surface area contributed by atoms with Gasteiger partial charge in [-0.3, -0.25) is 0 Å². The zero-order valence-corrected chi connectivity index (χ0v) is 18.7. The molecule has 0 amide bonds. The van der Waals surface area contributed by atoms with Gasteiger partial charge in [-0.05, 0) is 82.7 Å². The van der Waals surface area contributed by atoms with Gasteiger partial charge < -0.3 is 14.3 Å². The van der Waals surface area contributed by atoms with Crippen molar-refractivity contribution in [1.82, 2.24) is 0 Å². The van der Waals surface area contributed by atoms with Crippen molar-refractivity contribution in [3.63, 3.8) is 0 Å². The van der Waals surface area contributed by atoms with Crippen LogP contribution in [-0.2, 0) is 11.3 Å². The van der Waals surface area contributed by atoms with Gasteiger partial charge in [0.05, 0.1) is 20.7 Å². The molecular weight excluding hydrogens is 473 g/mol. The first kappa shape index (κ1) is 22.3. The van der Waals surface area contributed by atoms with Crippen LogP contribution >= 0.6 is 43.5 Å². The number of ether oxygens (including phenoxy) is 2. The minimum Gasteiger partial charge on any atom is -0.492 e. The van der Waals surface area contributed by atoms with E-state index in [4.69, 9.17) is 25.9 Å². The van der Waals surface area contributed by atoms with Gasteiger partial charge in [-0.25, -0.2) is 0 Å². The summed E-state index contributed by atoms with van der Waals surface area (Å²) in [6, 6.07) is 3.76. The molecule has 7 heteroatoms. The third kappa shape index (κ3) is 9.52. The minimum absolute atomic E-state index is 0.450. The van der Waals surface area contributed by atoms with Gasteiger partial charge in [0, 0.05) is 6.07 Å². The van der Waals surface area contributed by atoms with Crippen molar-refractivity contribution >= 4 is 49.2 Å². The second kappa shape index (κ2) is 12.6. The molecule has 0 spiro atoms. The number of oxime groups is 1. The lowest BCUT2D eigenvalue weighted by Crippen LogP contribution is -2.03. The highest BCUT2D eigenvalue weighted by Gasteiger charge is 2.11. The summed E-state index contributed by atoms with van der Waals surface area (Å²) in [4.78, 5) is 5.16. The molecule has 140 valence electrons. The Balaban J connectivity index is 2.53. The second-order valence-corrected chi connectivity index (χ2v) is 8.66. The molecule has 0 heterocycles. The van der Waals surface area contributed by atoms with E-state index in [-0.39, 0.29) is 0 Å². The Hall–Kier alpha value is -0.720. The minimum atomic E-state index is 0.450. The Bertz CT molecular complexity index is 598. The second-order valence-electron chi connectivity index (χ2n) is 5.48. The molecule has 0 saturated carbocycles. The molecule has 1 aromatic carbocycles. The number of hydrogen-bond acceptors (Lipinski definition) is 4. The van der Waals surface area contributed by atoms with Crippen molar-refractivity contribution in [3.8, 4) is 11.5 Å². The van der Waals surface area contributed by atoms with E-state index in [1.807, 2.05) is 26.0 Å². The Morgan fingerprint density at radius 2 is 1.88 bits per heavy atom. The summed E-state index contributed by atoms with van der Waals surface area (Å²) in [5.41, 5.74) is 1.95. The molecule has 0 saturated heterocycles. The van der Waals surface area contributed by atoms with Crippen LogP contribution in [0.5, 0.6) is 11.5 Å². The Kier molecular flexibility index (Phi) is 11.3. The van der Waals surface area contributed by atoms with Crippen molar-refractivity contribution in [2.24, 2.45) is 5.16 Å². The summed E-state index contributed by atoms with van der Waals surface area (Å²) in [5.74, 6) is 1.46. The first-order chi connectivity index (χ1) is 11.9. The van der Waals surface area contributed by atoms with Crippen LogP contribution in [0.4, 0.5) is 0 Å². The van der Waals surface area contributed by atoms with Crippen LogP contribution in [0.15, 0.2) is 26.8 Å². The van der Waals surface area contributed by atoms with E-state index in [1.54, 1.807) is 6.07 Å². The molecule has 0 aliphatic carbocycles. The van der Waals surface area contributed by atoms with E-state index in [0.717, 1.165) is 45.4 Å². The van der Waals surface area contributed by atoms with Gasteiger partial charge in [0.2, 0.25) is 0 Å². The van der Waals surface area contributed by atoms with Gasteiger partial charge in [0.25, 0.3) is 0 Å². The zero-order chi connectivity index (χ0) is 18.7. The average Bonchev–Trinajstić information content (AvgIpc) is 2.54. The highest BCUT2D eigenvalue weighted by Crippen LogP contribution is 2.34. The Labute approximate surface area is 171 Å². The number of unbranched alkanes of at least 4 members (excludes halogenated alkanes) is 1. The largest absolute Gasteiger partial charge is 0.492 e. The average molecular weight is 498 g/mol. The lowest BCUT2D eigenvalue weighted by atomic mass is 10.1. The maximum absolute atomic E-state index is 6.37. The molecule has 0 unspecified atom stereocenters. The van der Waals surface area contributed by atoms with Gasteiger partial charge in [0.1, 0.15) is 24.7 Å². The monoisotopic (exact) mass is 495 g/mol. The van der Waals surface area contributed by atoms with E-state index in [2.05, 4.69) is 43.9 Å². The van der Waals surface area contributed by atoms with E-state index < -0.39 is 0 Å². The van der Waals surface area contributed by atoms with Gasteiger partial charge in [-0.1, -0.05) is 23.7 Å². The van der Waals surface area contributed by atoms with Crippen molar-refractivity contribution in [3.05, 3.63) is 32.2 Å². The molecule has 0 bridgehead atoms. The summed E-state index contributed by atoms with van der Waals surface area (Å²) >= 11 is 13.0. The van der Waals surface area contributed by atoms with Crippen molar-refractivity contribution < 1.29 is 14.3 Å². The zero-order valence-electron chi connectivity index (χ0n) is 14.8. The van der Waals surface area contributed by atoms with Gasteiger partial charge >= 0.3 is 0 Å². The van der Waals surface area contributed by atoms with Crippen LogP contribution in [0.1, 0.15) is 39.2 Å². The molecule has 0 N–H and O–H groups in total. The summed E-state index contributed by atoms with van der Waals surface area (Å²) < 4.78 is 12.4. The van der Waals surface area contributed by atoms with Gasteiger partial charge in [0.15, 0.2) is 0 Å². The Morgan fingerprint density at radius 1 is 1.16 bits per heavy atom. The third-order valence-corrected chi connectivity index (χ3v) is 4.01. The van der Waals surface area contributed by atoms with Gasteiger partial charge in [-0.15, -0.1) is 0 Å². The molecule has 1 rings (SSSR count). The molecule has 0 fully saturated rings. The third-order valence-electron chi connectivity index (χ3n) is 3.09. The van der Waals surface area contributed by atoms with E-state index in [0.29, 0.717) is 24.8 Å². The predicted molar refractivity (Wildman–Crippen MR) is 112 cm³/mol. The van der Waals surface area contributed by atoms with Crippen LogP contribution in [0.3, 0.4) is 0 Å². The quantitative estimate of drug-likeness (QED) is 0.199. The fraction of sp³-hybridized carbons (Fsp3) is 0.500. The Morgan fingerprint density at radius 3 is 2.52 bits per heavy atom. The highest BCUT2D eigenvalue weighted by molar-refractivity contribution is 9.28. The molecule has 25 heavy (non-hydrogen) atoms. The number of rotatable bonds is 11. The fourth-order valence-electron chi connectivity index (χ4n) is 1.95. The first-order valence-corrected chi connectivity index (χ1v) is 10.1. The molecule has 1 aromatic rings. The maximum Gasteiger partial charge on any atom is 0.141 e. The SMILES string of the molecule is CCc1cc(OCC=C(Br)Br)cc(Cl)c1OCCCCON=C(C)C. The molecule has 0 atom stereocenters. The lowest BCUT2D eigenvalue weighted by Gasteiger charge is -2.14. The van der Waals surface area contributed by atoms with Crippen molar-refractivity contribution in [2.75, 3.05) is 19.8 Å². The molecule has 0 aliphatic heterocycles. The summed E-state index contributed by atoms with van der Waals surface area (Å²) in [5, 5.41) is 4.47. The molecule has 0 aromatic heterocycles. The van der Waals surface area contributed by atoms with Crippen LogP contribution in [0.2, 0.25) is 5.02 Å². The van der Waals surface area contributed by atoms with E-state index >= 15 is 0 Å². The molecular formula is C18H24Br2ClNO3. The van der Waals surface area contributed by atoms with Crippen LogP contribution in [-0.4, -0.2) is 25.5 Å². The maximum atomic E-state index is 6.37. The molecule has 0 radical (unpaired) electrons.